The molecule has 0 bridgehead atoms. The van der Waals surface area contributed by atoms with E-state index in [9.17, 15) is 22.4 Å². The molecular weight excluding hydrogens is 286 g/mol. The van der Waals surface area contributed by atoms with Crippen LogP contribution in [0.15, 0.2) is 18.2 Å². The van der Waals surface area contributed by atoms with E-state index in [0.717, 1.165) is 25.0 Å². The van der Waals surface area contributed by atoms with E-state index < -0.39 is 29.0 Å². The van der Waals surface area contributed by atoms with Crippen LogP contribution in [0.2, 0.25) is 0 Å². The Hall–Kier alpha value is -1.59. The van der Waals surface area contributed by atoms with Gasteiger partial charge in [-0.25, -0.2) is 4.39 Å². The number of amides is 1. The summed E-state index contributed by atoms with van der Waals surface area (Å²) in [7, 11) is 0. The Kier molecular flexibility index (Phi) is 4.25. The van der Waals surface area contributed by atoms with Crippen LogP contribution in [0.25, 0.3) is 0 Å². The van der Waals surface area contributed by atoms with Crippen LogP contribution < -0.4 is 0 Å². The quantitative estimate of drug-likeness (QED) is 0.748. The van der Waals surface area contributed by atoms with Crippen molar-refractivity contribution in [2.24, 2.45) is 0 Å². The van der Waals surface area contributed by atoms with E-state index in [1.807, 2.05) is 13.8 Å². The average Bonchev–Trinajstić information content (AvgIpc) is 2.78. The molecule has 0 N–H and O–H groups in total. The van der Waals surface area contributed by atoms with E-state index in [4.69, 9.17) is 0 Å². The van der Waals surface area contributed by atoms with Gasteiger partial charge in [0, 0.05) is 12.1 Å². The second-order valence-corrected chi connectivity index (χ2v) is 5.37. The third-order valence-electron chi connectivity index (χ3n) is 4.03. The minimum atomic E-state index is -4.80. The Balaban J connectivity index is 2.40. The van der Waals surface area contributed by atoms with Crippen LogP contribution in [0, 0.1) is 5.82 Å². The van der Waals surface area contributed by atoms with Crippen molar-refractivity contribution in [3.8, 4) is 0 Å². The Labute approximate surface area is 120 Å². The van der Waals surface area contributed by atoms with Crippen molar-refractivity contribution in [3.63, 3.8) is 0 Å². The Morgan fingerprint density at radius 1 is 1.33 bits per heavy atom. The molecule has 2 nitrogen and oxygen atoms in total. The lowest BCUT2D eigenvalue weighted by atomic mass is 10.1. The van der Waals surface area contributed by atoms with Gasteiger partial charge in [0.25, 0.3) is 5.91 Å². The van der Waals surface area contributed by atoms with E-state index in [-0.39, 0.29) is 12.1 Å². The van der Waals surface area contributed by atoms with E-state index in [2.05, 4.69) is 0 Å². The fraction of sp³-hybridized carbons (Fsp3) is 0.533. The molecule has 21 heavy (non-hydrogen) atoms. The molecule has 1 aliphatic rings. The van der Waals surface area contributed by atoms with Crippen LogP contribution in [0.3, 0.4) is 0 Å². The van der Waals surface area contributed by atoms with Crippen molar-refractivity contribution in [1.29, 1.82) is 0 Å². The first-order chi connectivity index (χ1) is 9.77. The highest BCUT2D eigenvalue weighted by molar-refractivity contribution is 5.95. The molecule has 6 heteroatoms. The van der Waals surface area contributed by atoms with E-state index in [1.54, 1.807) is 0 Å². The van der Waals surface area contributed by atoms with Crippen molar-refractivity contribution in [3.05, 3.63) is 35.1 Å². The molecule has 0 aliphatic carbocycles. The Bertz CT molecular complexity index is 541. The van der Waals surface area contributed by atoms with Crippen LogP contribution in [-0.2, 0) is 6.18 Å². The lowest BCUT2D eigenvalue weighted by molar-refractivity contribution is -0.140. The number of likely N-dealkylation sites (tertiary alicyclic amines) is 1. The van der Waals surface area contributed by atoms with Crippen LogP contribution in [-0.4, -0.2) is 22.9 Å². The Morgan fingerprint density at radius 3 is 2.57 bits per heavy atom. The van der Waals surface area contributed by atoms with Crippen molar-refractivity contribution >= 4 is 5.91 Å². The van der Waals surface area contributed by atoms with Gasteiger partial charge in [-0.1, -0.05) is 13.0 Å². The number of nitrogens with zero attached hydrogens (tertiary/aromatic N) is 1. The molecule has 116 valence electrons. The first kappa shape index (κ1) is 15.8. The summed E-state index contributed by atoms with van der Waals surface area (Å²) in [6, 6.07) is 2.71. The lowest BCUT2D eigenvalue weighted by Gasteiger charge is -2.28. The molecule has 0 saturated carbocycles. The van der Waals surface area contributed by atoms with E-state index in [0.29, 0.717) is 12.5 Å². The molecule has 1 aliphatic heterocycles. The first-order valence-corrected chi connectivity index (χ1v) is 6.95. The number of carbonyl (C=O) groups excluding carboxylic acids is 1. The van der Waals surface area contributed by atoms with Gasteiger partial charge in [0.1, 0.15) is 5.82 Å². The standard InChI is InChI=1S/C15H17F4NO/c1-3-10-8-7-9(2)20(10)14(21)11-5-4-6-12(13(11)16)15(17,18)19/h4-6,9-10H,3,7-8H2,1-2H3. The molecule has 1 heterocycles. The molecule has 0 spiro atoms. The molecule has 2 rings (SSSR count). The highest BCUT2D eigenvalue weighted by Crippen LogP contribution is 2.34. The van der Waals surface area contributed by atoms with Gasteiger partial charge in [0.2, 0.25) is 0 Å². The second kappa shape index (κ2) is 5.66. The maximum atomic E-state index is 14.1. The third kappa shape index (κ3) is 2.89. The summed E-state index contributed by atoms with van der Waals surface area (Å²) in [6.45, 7) is 3.74. The van der Waals surface area contributed by atoms with Crippen molar-refractivity contribution < 1.29 is 22.4 Å². The summed E-state index contributed by atoms with van der Waals surface area (Å²) < 4.78 is 52.2. The van der Waals surface area contributed by atoms with Crippen LogP contribution in [0.4, 0.5) is 17.6 Å². The van der Waals surface area contributed by atoms with Gasteiger partial charge in [-0.05, 0) is 38.3 Å². The summed E-state index contributed by atoms with van der Waals surface area (Å²) in [5.41, 5.74) is -1.90. The van der Waals surface area contributed by atoms with Gasteiger partial charge in [-0.2, -0.15) is 13.2 Å². The summed E-state index contributed by atoms with van der Waals surface area (Å²) in [5.74, 6) is -2.14. The highest BCUT2D eigenvalue weighted by atomic mass is 19.4. The fourth-order valence-corrected chi connectivity index (χ4v) is 2.89. The normalized spacial score (nSPS) is 22.7. The van der Waals surface area contributed by atoms with Gasteiger partial charge < -0.3 is 4.90 Å². The molecule has 1 amide bonds. The molecular formula is C15H17F4NO. The van der Waals surface area contributed by atoms with Gasteiger partial charge in [-0.15, -0.1) is 0 Å². The molecule has 0 aromatic heterocycles. The van der Waals surface area contributed by atoms with Crippen molar-refractivity contribution in [2.75, 3.05) is 0 Å². The van der Waals surface area contributed by atoms with Gasteiger partial charge in [0.15, 0.2) is 0 Å². The third-order valence-corrected chi connectivity index (χ3v) is 4.03. The SMILES string of the molecule is CCC1CCC(C)N1C(=O)c1cccc(C(F)(F)F)c1F. The summed E-state index contributed by atoms with van der Waals surface area (Å²) in [5, 5.41) is 0. The molecule has 1 aromatic carbocycles. The predicted molar refractivity (Wildman–Crippen MR) is 70.3 cm³/mol. The van der Waals surface area contributed by atoms with Gasteiger partial charge in [0.05, 0.1) is 11.1 Å². The predicted octanol–water partition coefficient (Wildman–Crippen LogP) is 4.25. The maximum absolute atomic E-state index is 14.1. The molecule has 0 radical (unpaired) electrons. The summed E-state index contributed by atoms with van der Waals surface area (Å²) in [4.78, 5) is 14.0. The van der Waals surface area contributed by atoms with E-state index in [1.165, 1.54) is 4.90 Å². The molecule has 2 atom stereocenters. The zero-order valence-electron chi connectivity index (χ0n) is 11.9. The molecule has 1 saturated heterocycles. The molecule has 2 unspecified atom stereocenters. The number of halogens is 4. The average molecular weight is 303 g/mol. The second-order valence-electron chi connectivity index (χ2n) is 5.37. The van der Waals surface area contributed by atoms with Crippen LogP contribution >= 0.6 is 0 Å². The van der Waals surface area contributed by atoms with Gasteiger partial charge in [-0.3, -0.25) is 4.79 Å². The van der Waals surface area contributed by atoms with Crippen LogP contribution in [0.1, 0.15) is 49.0 Å². The topological polar surface area (TPSA) is 20.3 Å². The number of hydrogen-bond donors (Lipinski definition) is 0. The fourth-order valence-electron chi connectivity index (χ4n) is 2.89. The molecule has 1 fully saturated rings. The van der Waals surface area contributed by atoms with Gasteiger partial charge >= 0.3 is 6.18 Å². The number of rotatable bonds is 2. The largest absolute Gasteiger partial charge is 0.419 e. The Morgan fingerprint density at radius 2 is 2.00 bits per heavy atom. The van der Waals surface area contributed by atoms with Crippen molar-refractivity contribution in [2.45, 2.75) is 51.4 Å². The lowest BCUT2D eigenvalue weighted by Crippen LogP contribution is -2.40. The zero-order chi connectivity index (χ0) is 15.8. The minimum Gasteiger partial charge on any atom is -0.333 e. The van der Waals surface area contributed by atoms with E-state index >= 15 is 0 Å². The molecule has 1 aromatic rings. The zero-order valence-corrected chi connectivity index (χ0v) is 11.9. The number of carbonyl (C=O) groups is 1. The monoisotopic (exact) mass is 303 g/mol. The number of benzene rings is 1. The number of hydrogen-bond acceptors (Lipinski definition) is 1. The highest BCUT2D eigenvalue weighted by Gasteiger charge is 2.39. The smallest absolute Gasteiger partial charge is 0.333 e. The van der Waals surface area contributed by atoms with Crippen LogP contribution in [0.5, 0.6) is 0 Å². The number of alkyl halides is 3. The summed E-state index contributed by atoms with van der Waals surface area (Å²) >= 11 is 0. The summed E-state index contributed by atoms with van der Waals surface area (Å²) in [6.07, 6.45) is -2.52. The first-order valence-electron chi connectivity index (χ1n) is 6.95. The van der Waals surface area contributed by atoms with Crippen molar-refractivity contribution in [1.82, 2.24) is 4.90 Å². The maximum Gasteiger partial charge on any atom is 0.419 e. The minimum absolute atomic E-state index is 0.0403.